The van der Waals surface area contributed by atoms with Crippen molar-refractivity contribution in [3.8, 4) is 0 Å². The number of rotatable bonds is 11. The van der Waals surface area contributed by atoms with Crippen molar-refractivity contribution in [2.45, 2.75) is 38.5 Å². The van der Waals surface area contributed by atoms with Gasteiger partial charge >= 0.3 is 9.53 Å². The van der Waals surface area contributed by atoms with Gasteiger partial charge in [0.15, 0.2) is 23.3 Å². The summed E-state index contributed by atoms with van der Waals surface area (Å²) in [4.78, 5) is 0. The van der Waals surface area contributed by atoms with Crippen LogP contribution in [0.5, 0.6) is 0 Å². The summed E-state index contributed by atoms with van der Waals surface area (Å²) in [5, 5.41) is 0. The van der Waals surface area contributed by atoms with Crippen molar-refractivity contribution in [1.29, 1.82) is 0 Å². The monoisotopic (exact) mass is 354 g/mol. The summed E-state index contributed by atoms with van der Waals surface area (Å²) < 4.78 is 67.8. The van der Waals surface area contributed by atoms with Gasteiger partial charge in [0.25, 0.3) is 0 Å². The molecule has 8 heteroatoms. The number of hydrogen-bond acceptors (Lipinski definition) is 3. The molecule has 1 rings (SSSR count). The summed E-state index contributed by atoms with van der Waals surface area (Å²) in [6.45, 7) is 0.557. The average molecular weight is 354 g/mol. The summed E-state index contributed by atoms with van der Waals surface area (Å²) >= 11 is 0. The molecule has 0 aliphatic heterocycles. The lowest BCUT2D eigenvalue weighted by atomic mass is 10.0. The first kappa shape index (κ1) is 20.1. The normalized spacial score (nSPS) is 11.4. The van der Waals surface area contributed by atoms with Crippen LogP contribution in [0.15, 0.2) is 6.07 Å². The fraction of sp³-hybridized carbons (Fsp3) is 0.600. The lowest BCUT2D eigenvalue weighted by Gasteiger charge is -2.11. The first-order chi connectivity index (χ1) is 11.0. The largest absolute Gasteiger partial charge is 0.483 e. The molecule has 3 nitrogen and oxygen atoms in total. The van der Waals surface area contributed by atoms with E-state index >= 15 is 0 Å². The predicted molar refractivity (Wildman–Crippen MR) is 80.2 cm³/mol. The highest BCUT2D eigenvalue weighted by molar-refractivity contribution is 6.36. The molecule has 0 saturated heterocycles. The Bertz CT molecular complexity index is 484. The number of unbranched alkanes of at least 4 members (excludes halogenated alkanes) is 4. The molecule has 0 spiro atoms. The molecule has 0 aliphatic carbocycles. The topological polar surface area (TPSA) is 27.7 Å². The van der Waals surface area contributed by atoms with Crippen LogP contribution in [0.2, 0.25) is 0 Å². The van der Waals surface area contributed by atoms with Crippen LogP contribution >= 0.6 is 0 Å². The highest BCUT2D eigenvalue weighted by Crippen LogP contribution is 2.20. The molecule has 0 amide bonds. The van der Waals surface area contributed by atoms with Gasteiger partial charge in [0, 0.05) is 20.8 Å². The van der Waals surface area contributed by atoms with Crippen molar-refractivity contribution in [1.82, 2.24) is 0 Å². The lowest BCUT2D eigenvalue weighted by molar-refractivity contribution is 0.133. The Morgan fingerprint density at radius 3 is 2.09 bits per heavy atom. The molecule has 0 radical (unpaired) electrons. The van der Waals surface area contributed by atoms with E-state index in [-0.39, 0.29) is 12.0 Å². The average Bonchev–Trinajstić information content (AvgIpc) is 2.56. The van der Waals surface area contributed by atoms with Crippen LogP contribution < -0.4 is 0 Å². The molecule has 0 aliphatic rings. The van der Waals surface area contributed by atoms with E-state index in [0.29, 0.717) is 13.0 Å². The standard InChI is InChI=1S/C15H22F4O3Si/c1-20-23(21-2)22-9-7-5-3-4-6-8-11-10-12(16)14(18)15(19)13(11)17/h10,23H,3-9H2,1-2H3. The van der Waals surface area contributed by atoms with Crippen molar-refractivity contribution in [3.63, 3.8) is 0 Å². The van der Waals surface area contributed by atoms with E-state index in [4.69, 9.17) is 13.3 Å². The fourth-order valence-electron chi connectivity index (χ4n) is 2.16. The Hall–Kier alpha value is -0.963. The second-order valence-electron chi connectivity index (χ2n) is 5.11. The third-order valence-corrected chi connectivity index (χ3v) is 4.68. The summed E-state index contributed by atoms with van der Waals surface area (Å²) in [6.07, 6.45) is 4.21. The molecular weight excluding hydrogens is 332 g/mol. The lowest BCUT2D eigenvalue weighted by Crippen LogP contribution is -2.24. The van der Waals surface area contributed by atoms with Crippen LogP contribution in [0, 0.1) is 23.3 Å². The number of aryl methyl sites for hydroxylation is 1. The fourth-order valence-corrected chi connectivity index (χ4v) is 2.99. The minimum atomic E-state index is -1.96. The van der Waals surface area contributed by atoms with Gasteiger partial charge in [0.2, 0.25) is 0 Å². The van der Waals surface area contributed by atoms with Gasteiger partial charge in [0.1, 0.15) is 0 Å². The highest BCUT2D eigenvalue weighted by Gasteiger charge is 2.18. The molecule has 1 aromatic rings. The zero-order valence-electron chi connectivity index (χ0n) is 13.3. The molecule has 0 bridgehead atoms. The summed E-state index contributed by atoms with van der Waals surface area (Å²) in [7, 11) is 1.12. The zero-order valence-corrected chi connectivity index (χ0v) is 14.5. The van der Waals surface area contributed by atoms with Crippen molar-refractivity contribution in [3.05, 3.63) is 34.9 Å². The van der Waals surface area contributed by atoms with Crippen molar-refractivity contribution in [2.24, 2.45) is 0 Å². The van der Waals surface area contributed by atoms with Gasteiger partial charge in [-0.2, -0.15) is 0 Å². The van der Waals surface area contributed by atoms with E-state index in [0.717, 1.165) is 31.7 Å². The molecule has 0 aromatic heterocycles. The van der Waals surface area contributed by atoms with Crippen LogP contribution in [0.4, 0.5) is 17.6 Å². The van der Waals surface area contributed by atoms with E-state index in [2.05, 4.69) is 0 Å². The third-order valence-electron chi connectivity index (χ3n) is 3.41. The molecule has 0 unspecified atom stereocenters. The Labute approximate surface area is 135 Å². The quantitative estimate of drug-likeness (QED) is 0.199. The van der Waals surface area contributed by atoms with Gasteiger partial charge in [-0.3, -0.25) is 0 Å². The molecular formula is C15H22F4O3Si. The van der Waals surface area contributed by atoms with Crippen molar-refractivity contribution >= 4 is 9.53 Å². The minimum Gasteiger partial charge on any atom is -0.379 e. The van der Waals surface area contributed by atoms with Gasteiger partial charge in [-0.1, -0.05) is 19.3 Å². The van der Waals surface area contributed by atoms with Crippen LogP contribution in [-0.4, -0.2) is 30.4 Å². The summed E-state index contributed by atoms with van der Waals surface area (Å²) in [5.41, 5.74) is -0.126. The van der Waals surface area contributed by atoms with E-state index in [1.165, 1.54) is 0 Å². The van der Waals surface area contributed by atoms with Crippen molar-refractivity contribution < 1.29 is 30.8 Å². The molecule has 23 heavy (non-hydrogen) atoms. The molecule has 0 N–H and O–H groups in total. The molecule has 0 fully saturated rings. The molecule has 0 atom stereocenters. The maximum absolute atomic E-state index is 13.4. The van der Waals surface area contributed by atoms with Crippen LogP contribution in [0.1, 0.15) is 37.7 Å². The predicted octanol–water partition coefficient (Wildman–Crippen LogP) is 3.76. The van der Waals surface area contributed by atoms with Crippen LogP contribution in [0.25, 0.3) is 0 Å². The second kappa shape index (κ2) is 10.7. The number of halogens is 4. The maximum atomic E-state index is 13.4. The van der Waals surface area contributed by atoms with Crippen molar-refractivity contribution in [2.75, 3.05) is 20.8 Å². The first-order valence-corrected chi connectivity index (χ1v) is 8.91. The van der Waals surface area contributed by atoms with Crippen LogP contribution in [0.3, 0.4) is 0 Å². The summed E-state index contributed by atoms with van der Waals surface area (Å²) in [6, 6.07) is 0.724. The molecule has 0 saturated carbocycles. The van der Waals surface area contributed by atoms with Gasteiger partial charge in [-0.05, 0) is 30.9 Å². The zero-order chi connectivity index (χ0) is 17.2. The Morgan fingerprint density at radius 2 is 1.43 bits per heavy atom. The van der Waals surface area contributed by atoms with Crippen LogP contribution in [-0.2, 0) is 19.7 Å². The SMILES string of the molecule is CO[SiH](OC)OCCCCCCCc1cc(F)c(F)c(F)c1F. The Balaban J connectivity index is 2.19. The molecule has 132 valence electrons. The number of hydrogen-bond donors (Lipinski definition) is 0. The van der Waals surface area contributed by atoms with Gasteiger partial charge < -0.3 is 13.3 Å². The summed E-state index contributed by atoms with van der Waals surface area (Å²) in [5.74, 6) is -6.16. The maximum Gasteiger partial charge on any atom is 0.483 e. The van der Waals surface area contributed by atoms with Gasteiger partial charge in [-0.25, -0.2) is 17.6 Å². The highest BCUT2D eigenvalue weighted by atomic mass is 28.3. The third kappa shape index (κ3) is 6.58. The second-order valence-corrected chi connectivity index (χ2v) is 6.96. The first-order valence-electron chi connectivity index (χ1n) is 7.50. The van der Waals surface area contributed by atoms with E-state index in [9.17, 15) is 17.6 Å². The van der Waals surface area contributed by atoms with E-state index in [1.54, 1.807) is 14.2 Å². The molecule has 0 heterocycles. The Morgan fingerprint density at radius 1 is 0.826 bits per heavy atom. The van der Waals surface area contributed by atoms with Gasteiger partial charge in [-0.15, -0.1) is 0 Å². The number of benzene rings is 1. The van der Waals surface area contributed by atoms with E-state index < -0.39 is 32.8 Å². The Kier molecular flexibility index (Phi) is 9.38. The van der Waals surface area contributed by atoms with Gasteiger partial charge in [0.05, 0.1) is 0 Å². The van der Waals surface area contributed by atoms with E-state index in [1.807, 2.05) is 0 Å². The minimum absolute atomic E-state index is 0.126. The smallest absolute Gasteiger partial charge is 0.379 e. The molecule has 1 aromatic carbocycles.